The van der Waals surface area contributed by atoms with E-state index in [0.29, 0.717) is 46.7 Å². The van der Waals surface area contributed by atoms with Crippen LogP contribution in [-0.2, 0) is 6.54 Å². The molecule has 2 heterocycles. The summed E-state index contributed by atoms with van der Waals surface area (Å²) in [7, 11) is 1.59. The van der Waals surface area contributed by atoms with Crippen LogP contribution in [-0.4, -0.2) is 34.6 Å². The van der Waals surface area contributed by atoms with E-state index < -0.39 is 0 Å². The van der Waals surface area contributed by atoms with Crippen molar-refractivity contribution >= 4 is 23.2 Å². The molecule has 1 aromatic heterocycles. The molecule has 1 amide bonds. The predicted octanol–water partition coefficient (Wildman–Crippen LogP) is 4.51. The molecule has 0 radical (unpaired) electrons. The van der Waals surface area contributed by atoms with Crippen molar-refractivity contribution in [3.8, 4) is 17.2 Å². The number of fused-ring (bicyclic) bond motifs is 1. The van der Waals surface area contributed by atoms with Crippen LogP contribution in [0.4, 0.5) is 5.69 Å². The Morgan fingerprint density at radius 2 is 1.73 bits per heavy atom. The van der Waals surface area contributed by atoms with E-state index in [1.165, 1.54) is 4.80 Å². The number of rotatable bonds is 5. The number of amides is 1. The Labute approximate surface area is 180 Å². The number of hydrogen-bond donors (Lipinski definition) is 0. The number of anilines is 1. The van der Waals surface area contributed by atoms with Gasteiger partial charge in [-0.1, -0.05) is 32.4 Å². The monoisotopic (exact) mass is 426 g/mol. The summed E-state index contributed by atoms with van der Waals surface area (Å²) in [5.74, 6) is 1.02. The van der Waals surface area contributed by atoms with E-state index in [-0.39, 0.29) is 11.3 Å². The number of hydrogen-bond acceptors (Lipinski definition) is 5. The molecule has 0 N–H and O–H groups in total. The molecule has 0 bridgehead atoms. The number of nitrogens with zero attached hydrogens (tertiary/aromatic N) is 4. The first kappa shape index (κ1) is 20.2. The molecule has 3 aromatic rings. The summed E-state index contributed by atoms with van der Waals surface area (Å²) in [6.07, 6.45) is 0. The lowest BCUT2D eigenvalue weighted by Crippen LogP contribution is -2.24. The zero-order chi connectivity index (χ0) is 21.5. The molecule has 4 rings (SSSR count). The van der Waals surface area contributed by atoms with Gasteiger partial charge in [-0.15, -0.1) is 5.10 Å². The van der Waals surface area contributed by atoms with E-state index in [1.54, 1.807) is 42.3 Å². The highest BCUT2D eigenvalue weighted by atomic mass is 35.5. The van der Waals surface area contributed by atoms with E-state index in [2.05, 4.69) is 31.0 Å². The van der Waals surface area contributed by atoms with Crippen LogP contribution in [0.2, 0.25) is 5.02 Å². The van der Waals surface area contributed by atoms with Gasteiger partial charge < -0.3 is 14.4 Å². The first-order chi connectivity index (χ1) is 14.2. The molecule has 0 unspecified atom stereocenters. The third-order valence-corrected chi connectivity index (χ3v) is 4.87. The molecule has 1 aliphatic heterocycles. The summed E-state index contributed by atoms with van der Waals surface area (Å²) in [6.45, 7) is 7.20. The van der Waals surface area contributed by atoms with Crippen LogP contribution < -0.4 is 14.4 Å². The van der Waals surface area contributed by atoms with E-state index >= 15 is 0 Å². The zero-order valence-electron chi connectivity index (χ0n) is 17.3. The molecule has 0 fully saturated rings. The summed E-state index contributed by atoms with van der Waals surface area (Å²) in [5, 5.41) is 9.49. The fourth-order valence-electron chi connectivity index (χ4n) is 3.09. The van der Waals surface area contributed by atoms with Crippen LogP contribution in [0.15, 0.2) is 42.5 Å². The van der Waals surface area contributed by atoms with Gasteiger partial charge in [0, 0.05) is 16.8 Å². The van der Waals surface area contributed by atoms with Crippen LogP contribution in [0.1, 0.15) is 37.0 Å². The second-order valence-electron chi connectivity index (χ2n) is 8.34. The fourth-order valence-corrected chi connectivity index (χ4v) is 3.22. The summed E-state index contributed by atoms with van der Waals surface area (Å²) >= 11 is 5.93. The maximum atomic E-state index is 13.0. The molecule has 0 spiro atoms. The predicted molar refractivity (Wildman–Crippen MR) is 115 cm³/mol. The van der Waals surface area contributed by atoms with Gasteiger partial charge in [0.05, 0.1) is 25.9 Å². The molecule has 0 saturated heterocycles. The van der Waals surface area contributed by atoms with Gasteiger partial charge in [0.25, 0.3) is 5.91 Å². The topological polar surface area (TPSA) is 69.5 Å². The lowest BCUT2D eigenvalue weighted by molar-refractivity contribution is 0.0991. The van der Waals surface area contributed by atoms with Crippen LogP contribution in [0.3, 0.4) is 0 Å². The standard InChI is InChI=1S/C22H23ClN4O3/c1-22(2,3)13-30-18-10-9-16(11-19(18)29-4)26-12-17-20(21(26)28)25-27(24-17)15-7-5-14(23)6-8-15/h5-11H,12-13H2,1-4H3. The largest absolute Gasteiger partial charge is 0.493 e. The van der Waals surface area contributed by atoms with Gasteiger partial charge in [0.15, 0.2) is 17.2 Å². The fraction of sp³-hybridized carbons (Fsp3) is 0.318. The molecule has 156 valence electrons. The number of halogens is 1. The Hall–Kier alpha value is -3.06. The minimum atomic E-state index is -0.198. The summed E-state index contributed by atoms with van der Waals surface area (Å²) < 4.78 is 11.4. The van der Waals surface area contributed by atoms with Crippen LogP contribution in [0.5, 0.6) is 11.5 Å². The molecule has 0 aliphatic carbocycles. The van der Waals surface area contributed by atoms with Crippen LogP contribution in [0, 0.1) is 5.41 Å². The molecule has 8 heteroatoms. The van der Waals surface area contributed by atoms with E-state index in [9.17, 15) is 4.79 Å². The Bertz CT molecular complexity index is 1090. The number of ether oxygens (including phenoxy) is 2. The average Bonchev–Trinajstić information content (AvgIpc) is 3.26. The first-order valence-corrected chi connectivity index (χ1v) is 9.98. The third-order valence-electron chi connectivity index (χ3n) is 4.62. The van der Waals surface area contributed by atoms with Crippen molar-refractivity contribution in [3.63, 3.8) is 0 Å². The van der Waals surface area contributed by atoms with Gasteiger partial charge in [-0.05, 0) is 41.8 Å². The first-order valence-electron chi connectivity index (χ1n) is 9.60. The summed E-state index contributed by atoms with van der Waals surface area (Å²) in [4.78, 5) is 16.0. The van der Waals surface area contributed by atoms with Gasteiger partial charge in [0.2, 0.25) is 0 Å². The zero-order valence-corrected chi connectivity index (χ0v) is 18.1. The lowest BCUT2D eigenvalue weighted by atomic mass is 9.99. The average molecular weight is 427 g/mol. The molecule has 2 aromatic carbocycles. The van der Waals surface area contributed by atoms with Gasteiger partial charge in [-0.2, -0.15) is 9.90 Å². The highest BCUT2D eigenvalue weighted by molar-refractivity contribution is 6.30. The molecule has 0 atom stereocenters. The van der Waals surface area contributed by atoms with Crippen molar-refractivity contribution in [1.29, 1.82) is 0 Å². The molecular weight excluding hydrogens is 404 g/mol. The Morgan fingerprint density at radius 3 is 2.37 bits per heavy atom. The van der Waals surface area contributed by atoms with Crippen molar-refractivity contribution < 1.29 is 14.3 Å². The number of carbonyl (C=O) groups excluding carboxylic acids is 1. The third kappa shape index (κ3) is 3.98. The Morgan fingerprint density at radius 1 is 1.03 bits per heavy atom. The maximum Gasteiger partial charge on any atom is 0.281 e. The number of carbonyl (C=O) groups is 1. The number of methoxy groups -OCH3 is 1. The quantitative estimate of drug-likeness (QED) is 0.600. The molecule has 7 nitrogen and oxygen atoms in total. The molecule has 30 heavy (non-hydrogen) atoms. The second kappa shape index (κ2) is 7.65. The SMILES string of the molecule is COc1cc(N2Cc3nn(-c4ccc(Cl)cc4)nc3C2=O)ccc1OCC(C)(C)C. The van der Waals surface area contributed by atoms with Crippen molar-refractivity contribution in [1.82, 2.24) is 15.0 Å². The van der Waals surface area contributed by atoms with E-state index in [4.69, 9.17) is 21.1 Å². The van der Waals surface area contributed by atoms with Gasteiger partial charge >= 0.3 is 0 Å². The molecule has 1 aliphatic rings. The molecular formula is C22H23ClN4O3. The van der Waals surface area contributed by atoms with E-state index in [0.717, 1.165) is 5.69 Å². The summed E-state index contributed by atoms with van der Waals surface area (Å²) in [5.41, 5.74) is 2.45. The summed E-state index contributed by atoms with van der Waals surface area (Å²) in [6, 6.07) is 12.6. The van der Waals surface area contributed by atoms with Crippen LogP contribution >= 0.6 is 11.6 Å². The smallest absolute Gasteiger partial charge is 0.281 e. The van der Waals surface area contributed by atoms with Crippen molar-refractivity contribution in [2.24, 2.45) is 5.41 Å². The van der Waals surface area contributed by atoms with Crippen molar-refractivity contribution in [2.75, 3.05) is 18.6 Å². The van der Waals surface area contributed by atoms with E-state index in [1.807, 2.05) is 12.1 Å². The second-order valence-corrected chi connectivity index (χ2v) is 8.77. The Balaban J connectivity index is 1.55. The van der Waals surface area contributed by atoms with Crippen LogP contribution in [0.25, 0.3) is 5.69 Å². The van der Waals surface area contributed by atoms with Gasteiger partial charge in [0.1, 0.15) is 5.69 Å². The van der Waals surface area contributed by atoms with Crippen molar-refractivity contribution in [2.45, 2.75) is 27.3 Å². The Kier molecular flexibility index (Phi) is 5.15. The van der Waals surface area contributed by atoms with Crippen molar-refractivity contribution in [3.05, 3.63) is 58.9 Å². The molecule has 0 saturated carbocycles. The highest BCUT2D eigenvalue weighted by Crippen LogP contribution is 2.35. The highest BCUT2D eigenvalue weighted by Gasteiger charge is 2.34. The minimum absolute atomic E-state index is 0.0261. The van der Waals surface area contributed by atoms with Gasteiger partial charge in [-0.25, -0.2) is 0 Å². The number of benzene rings is 2. The van der Waals surface area contributed by atoms with Gasteiger partial charge in [-0.3, -0.25) is 4.79 Å². The number of aromatic nitrogens is 3. The lowest BCUT2D eigenvalue weighted by Gasteiger charge is -2.21. The normalized spacial score (nSPS) is 13.5. The minimum Gasteiger partial charge on any atom is -0.493 e. The maximum absolute atomic E-state index is 13.0.